The van der Waals surface area contributed by atoms with Gasteiger partial charge in [0.15, 0.2) is 0 Å². The number of pyridine rings is 1. The number of halogens is 5. The van der Waals surface area contributed by atoms with Gasteiger partial charge in [0.25, 0.3) is 6.43 Å². The second-order valence-electron chi connectivity index (χ2n) is 1.93. The third-order valence-corrected chi connectivity index (χ3v) is 3.27. The molecular weight excluding hydrogens is 366 g/mol. The van der Waals surface area contributed by atoms with Gasteiger partial charge in [0.05, 0.1) is 15.1 Å². The quantitative estimate of drug-likeness (QED) is 0.539. The van der Waals surface area contributed by atoms with Crippen LogP contribution in [-0.2, 0) is 0 Å². The van der Waals surface area contributed by atoms with Crippen LogP contribution in [0.4, 0.5) is 8.78 Å². The summed E-state index contributed by atoms with van der Waals surface area (Å²) in [6, 6.07) is 0. The number of rotatable bonds is 1. The van der Waals surface area contributed by atoms with E-state index >= 15 is 0 Å². The van der Waals surface area contributed by atoms with E-state index in [1.165, 1.54) is 6.20 Å². The van der Waals surface area contributed by atoms with Crippen molar-refractivity contribution in [3.63, 3.8) is 0 Å². The standard InChI is InChI=1S/C6H2BrClF2IN/c7-2-1-12-6(11)3(4(2)8)5(9)10/h1,5H. The molecule has 0 amide bonds. The highest BCUT2D eigenvalue weighted by Gasteiger charge is 2.18. The van der Waals surface area contributed by atoms with Crippen LogP contribution in [0.3, 0.4) is 0 Å². The number of hydrogen-bond acceptors (Lipinski definition) is 1. The smallest absolute Gasteiger partial charge is 0.249 e. The normalized spacial score (nSPS) is 10.8. The maximum Gasteiger partial charge on any atom is 0.267 e. The monoisotopic (exact) mass is 367 g/mol. The van der Waals surface area contributed by atoms with Crippen LogP contribution in [0, 0.1) is 3.70 Å². The van der Waals surface area contributed by atoms with Gasteiger partial charge in [-0.1, -0.05) is 11.6 Å². The third-order valence-electron chi connectivity index (χ3n) is 1.18. The summed E-state index contributed by atoms with van der Waals surface area (Å²) in [5.41, 5.74) is -0.216. The molecule has 0 radical (unpaired) electrons. The molecule has 1 nitrogen and oxygen atoms in total. The van der Waals surface area contributed by atoms with Crippen LogP contribution < -0.4 is 0 Å². The molecule has 0 saturated heterocycles. The zero-order valence-corrected chi connectivity index (χ0v) is 9.99. The first-order chi connectivity index (χ1) is 5.54. The lowest BCUT2D eigenvalue weighted by Crippen LogP contribution is -1.94. The van der Waals surface area contributed by atoms with E-state index in [-0.39, 0.29) is 14.3 Å². The second kappa shape index (κ2) is 4.15. The van der Waals surface area contributed by atoms with Crippen molar-refractivity contribution in [1.82, 2.24) is 4.98 Å². The van der Waals surface area contributed by atoms with Gasteiger partial charge in [0.1, 0.15) is 3.70 Å². The Bertz CT molecular complexity index is 308. The maximum absolute atomic E-state index is 12.3. The van der Waals surface area contributed by atoms with Crippen molar-refractivity contribution >= 4 is 50.1 Å². The van der Waals surface area contributed by atoms with Crippen LogP contribution in [-0.4, -0.2) is 4.98 Å². The molecule has 1 aromatic heterocycles. The Labute approximate surface area is 94.8 Å². The zero-order chi connectivity index (χ0) is 9.30. The van der Waals surface area contributed by atoms with Crippen LogP contribution >= 0.6 is 50.1 Å². The highest BCUT2D eigenvalue weighted by molar-refractivity contribution is 14.1. The Morgan fingerprint density at radius 1 is 1.58 bits per heavy atom. The number of nitrogens with zero attached hydrogens (tertiary/aromatic N) is 1. The maximum atomic E-state index is 12.3. The van der Waals surface area contributed by atoms with Crippen LogP contribution in [0.5, 0.6) is 0 Å². The first kappa shape index (κ1) is 10.6. The molecule has 0 atom stereocenters. The molecule has 12 heavy (non-hydrogen) atoms. The molecule has 66 valence electrons. The van der Waals surface area contributed by atoms with E-state index in [1.807, 2.05) is 0 Å². The summed E-state index contributed by atoms with van der Waals surface area (Å²) in [6.07, 6.45) is -1.19. The van der Waals surface area contributed by atoms with Crippen LogP contribution in [0.15, 0.2) is 10.7 Å². The van der Waals surface area contributed by atoms with E-state index in [9.17, 15) is 8.78 Å². The zero-order valence-electron chi connectivity index (χ0n) is 5.49. The van der Waals surface area contributed by atoms with Crippen molar-refractivity contribution < 1.29 is 8.78 Å². The van der Waals surface area contributed by atoms with Crippen molar-refractivity contribution in [3.05, 3.63) is 25.0 Å². The van der Waals surface area contributed by atoms with E-state index in [0.717, 1.165) is 0 Å². The molecule has 0 spiro atoms. The predicted octanol–water partition coefficient (Wildman–Crippen LogP) is 4.04. The second-order valence-corrected chi connectivity index (χ2v) is 4.18. The van der Waals surface area contributed by atoms with Gasteiger partial charge in [-0.15, -0.1) is 0 Å². The first-order valence-corrected chi connectivity index (χ1v) is 5.06. The largest absolute Gasteiger partial charge is 0.267 e. The van der Waals surface area contributed by atoms with E-state index in [2.05, 4.69) is 20.9 Å². The molecule has 0 fully saturated rings. The fourth-order valence-corrected chi connectivity index (χ4v) is 1.99. The van der Waals surface area contributed by atoms with Crippen LogP contribution in [0.1, 0.15) is 12.0 Å². The van der Waals surface area contributed by atoms with E-state index < -0.39 is 6.43 Å². The minimum atomic E-state index is -2.59. The summed E-state index contributed by atoms with van der Waals surface area (Å²) in [6.45, 7) is 0. The molecule has 1 rings (SSSR count). The number of hydrogen-bond donors (Lipinski definition) is 0. The molecule has 0 N–H and O–H groups in total. The van der Waals surface area contributed by atoms with Crippen LogP contribution in [0.2, 0.25) is 5.02 Å². The molecule has 0 aliphatic heterocycles. The Morgan fingerprint density at radius 2 is 2.17 bits per heavy atom. The Hall–Kier alpha value is 0.510. The van der Waals surface area contributed by atoms with Gasteiger partial charge in [-0.05, 0) is 38.5 Å². The molecule has 0 bridgehead atoms. The van der Waals surface area contributed by atoms with Gasteiger partial charge in [-0.3, -0.25) is 0 Å². The highest BCUT2D eigenvalue weighted by Crippen LogP contribution is 2.34. The minimum absolute atomic E-state index is 0.0319. The van der Waals surface area contributed by atoms with Gasteiger partial charge in [-0.2, -0.15) is 0 Å². The molecule has 0 aromatic carbocycles. The Balaban J connectivity index is 3.33. The van der Waals surface area contributed by atoms with Gasteiger partial charge >= 0.3 is 0 Å². The molecule has 0 saturated carbocycles. The summed E-state index contributed by atoms with van der Waals surface area (Å²) in [5, 5.41) is 0.0319. The van der Waals surface area contributed by atoms with Gasteiger partial charge in [0, 0.05) is 6.20 Å². The molecule has 6 heteroatoms. The van der Waals surface area contributed by atoms with Crippen molar-refractivity contribution in [3.8, 4) is 0 Å². The Kier molecular flexibility index (Phi) is 3.66. The minimum Gasteiger partial charge on any atom is -0.249 e. The fraction of sp³-hybridized carbons (Fsp3) is 0.167. The first-order valence-electron chi connectivity index (χ1n) is 2.81. The molecule has 0 aliphatic carbocycles. The fourth-order valence-electron chi connectivity index (χ4n) is 0.645. The van der Waals surface area contributed by atoms with E-state index in [1.54, 1.807) is 22.6 Å². The number of alkyl halides is 2. The molecule has 1 heterocycles. The van der Waals surface area contributed by atoms with Gasteiger partial charge in [0.2, 0.25) is 0 Å². The van der Waals surface area contributed by atoms with Crippen LogP contribution in [0.25, 0.3) is 0 Å². The topological polar surface area (TPSA) is 12.9 Å². The lowest BCUT2D eigenvalue weighted by Gasteiger charge is -2.05. The van der Waals surface area contributed by atoms with Crippen molar-refractivity contribution in [2.45, 2.75) is 6.43 Å². The SMILES string of the molecule is FC(F)c1c(I)ncc(Br)c1Cl. The van der Waals surface area contributed by atoms with Gasteiger partial charge in [-0.25, -0.2) is 13.8 Å². The lowest BCUT2D eigenvalue weighted by atomic mass is 10.3. The summed E-state index contributed by atoms with van der Waals surface area (Å²) in [5.74, 6) is 0. The molecule has 0 unspecified atom stereocenters. The average molecular weight is 368 g/mol. The summed E-state index contributed by atoms with van der Waals surface area (Å²) in [7, 11) is 0. The average Bonchev–Trinajstić information content (AvgIpc) is 1.97. The van der Waals surface area contributed by atoms with Crippen molar-refractivity contribution in [1.29, 1.82) is 0 Å². The van der Waals surface area contributed by atoms with Gasteiger partial charge < -0.3 is 0 Å². The third kappa shape index (κ3) is 2.05. The molecule has 1 aromatic rings. The van der Waals surface area contributed by atoms with Crippen molar-refractivity contribution in [2.24, 2.45) is 0 Å². The Morgan fingerprint density at radius 3 is 2.58 bits per heavy atom. The van der Waals surface area contributed by atoms with E-state index in [4.69, 9.17) is 11.6 Å². The molecule has 0 aliphatic rings. The summed E-state index contributed by atoms with van der Waals surface area (Å²) >= 11 is 10.4. The van der Waals surface area contributed by atoms with E-state index in [0.29, 0.717) is 4.47 Å². The molecular formula is C6H2BrClF2IN. The lowest BCUT2D eigenvalue weighted by molar-refractivity contribution is 0.150. The highest BCUT2D eigenvalue weighted by atomic mass is 127. The summed E-state index contributed by atoms with van der Waals surface area (Å²) in [4.78, 5) is 3.74. The number of aromatic nitrogens is 1. The van der Waals surface area contributed by atoms with Crippen molar-refractivity contribution in [2.75, 3.05) is 0 Å². The predicted molar refractivity (Wildman–Crippen MR) is 54.6 cm³/mol. The summed E-state index contributed by atoms with van der Waals surface area (Å²) < 4.78 is 25.3.